The molecule has 2 aromatic heterocycles. The molecular formula is C15H16N4O5. The molecule has 9 heteroatoms. The highest BCUT2D eigenvalue weighted by Crippen LogP contribution is 2.29. The zero-order chi connectivity index (χ0) is 17.5. The number of carbonyl (C=O) groups is 1. The number of pyridine rings is 2. The Balaban J connectivity index is 2.40. The van der Waals surface area contributed by atoms with E-state index in [9.17, 15) is 20.0 Å². The van der Waals surface area contributed by atoms with Crippen LogP contribution in [0.15, 0.2) is 36.7 Å². The first-order valence-electron chi connectivity index (χ1n) is 7.17. The third kappa shape index (κ3) is 3.82. The molecule has 0 saturated heterocycles. The summed E-state index contributed by atoms with van der Waals surface area (Å²) < 4.78 is 4.83. The summed E-state index contributed by atoms with van der Waals surface area (Å²) in [6.07, 6.45) is 2.80. The summed E-state index contributed by atoms with van der Waals surface area (Å²) in [5.74, 6) is -0.955. The summed E-state index contributed by atoms with van der Waals surface area (Å²) in [6.45, 7) is 1.33. The minimum atomic E-state index is -0.812. The maximum atomic E-state index is 11.9. The highest BCUT2D eigenvalue weighted by Gasteiger charge is 2.28. The normalized spacial score (nSPS) is 11.6. The van der Waals surface area contributed by atoms with E-state index in [1.807, 2.05) is 0 Å². The van der Waals surface area contributed by atoms with Crippen molar-refractivity contribution < 1.29 is 19.6 Å². The Kier molecular flexibility index (Phi) is 5.74. The van der Waals surface area contributed by atoms with Crippen molar-refractivity contribution in [2.75, 3.05) is 18.5 Å². The van der Waals surface area contributed by atoms with Gasteiger partial charge >= 0.3 is 11.7 Å². The van der Waals surface area contributed by atoms with Crippen LogP contribution >= 0.6 is 0 Å². The second kappa shape index (κ2) is 7.97. The molecule has 126 valence electrons. The molecule has 0 aromatic carbocycles. The average Bonchev–Trinajstić information content (AvgIpc) is 2.60. The number of aliphatic hydroxyl groups excluding tert-OH is 1. The van der Waals surface area contributed by atoms with E-state index in [1.54, 1.807) is 25.1 Å². The van der Waals surface area contributed by atoms with Gasteiger partial charge in [-0.2, -0.15) is 0 Å². The number of hydrogen-bond donors (Lipinski definition) is 2. The summed E-state index contributed by atoms with van der Waals surface area (Å²) in [7, 11) is 0. The first-order chi connectivity index (χ1) is 11.6. The Morgan fingerprint density at radius 3 is 2.75 bits per heavy atom. The molecule has 0 aliphatic carbocycles. The molecule has 2 rings (SSSR count). The van der Waals surface area contributed by atoms with Gasteiger partial charge in [0, 0.05) is 12.4 Å². The second-order valence-corrected chi connectivity index (χ2v) is 4.67. The lowest BCUT2D eigenvalue weighted by molar-refractivity contribution is -0.384. The van der Waals surface area contributed by atoms with Crippen LogP contribution < -0.4 is 5.32 Å². The predicted octanol–water partition coefficient (Wildman–Crippen LogP) is 1.71. The van der Waals surface area contributed by atoms with Gasteiger partial charge in [-0.15, -0.1) is 0 Å². The third-order valence-corrected chi connectivity index (χ3v) is 3.14. The van der Waals surface area contributed by atoms with Crippen LogP contribution in [0.1, 0.15) is 29.0 Å². The van der Waals surface area contributed by atoms with Crippen molar-refractivity contribution in [3.63, 3.8) is 0 Å². The highest BCUT2D eigenvalue weighted by molar-refractivity contribution is 5.96. The van der Waals surface area contributed by atoms with Gasteiger partial charge in [-0.3, -0.25) is 15.1 Å². The van der Waals surface area contributed by atoms with Crippen molar-refractivity contribution in [3.8, 4) is 0 Å². The van der Waals surface area contributed by atoms with E-state index >= 15 is 0 Å². The lowest BCUT2D eigenvalue weighted by atomic mass is 10.1. The van der Waals surface area contributed by atoms with Gasteiger partial charge in [0.2, 0.25) is 5.82 Å². The fraction of sp³-hybridized carbons (Fsp3) is 0.267. The molecule has 1 unspecified atom stereocenters. The lowest BCUT2D eigenvalue weighted by Gasteiger charge is -2.16. The van der Waals surface area contributed by atoms with Gasteiger partial charge in [-0.25, -0.2) is 9.78 Å². The van der Waals surface area contributed by atoms with Crippen LogP contribution in [0.25, 0.3) is 0 Å². The largest absolute Gasteiger partial charge is 0.462 e. The lowest BCUT2D eigenvalue weighted by Crippen LogP contribution is -2.19. The molecule has 2 N–H and O–H groups in total. The van der Waals surface area contributed by atoms with Gasteiger partial charge < -0.3 is 15.2 Å². The van der Waals surface area contributed by atoms with Gasteiger partial charge in [0.1, 0.15) is 5.56 Å². The molecule has 0 spiro atoms. The number of aliphatic hydroxyl groups is 1. The number of nitrogens with zero attached hydrogens (tertiary/aromatic N) is 3. The summed E-state index contributed by atoms with van der Waals surface area (Å²) in [4.78, 5) is 30.6. The highest BCUT2D eigenvalue weighted by atomic mass is 16.6. The monoisotopic (exact) mass is 332 g/mol. The van der Waals surface area contributed by atoms with Crippen molar-refractivity contribution >= 4 is 17.5 Å². The van der Waals surface area contributed by atoms with E-state index < -0.39 is 22.6 Å². The second-order valence-electron chi connectivity index (χ2n) is 4.67. The molecule has 2 heterocycles. The molecule has 0 amide bonds. The Hall–Kier alpha value is -3.07. The minimum Gasteiger partial charge on any atom is -0.462 e. The number of carbonyl (C=O) groups excluding carboxylic acids is 1. The number of nitrogens with one attached hydrogen (secondary N) is 1. The van der Waals surface area contributed by atoms with Crippen LogP contribution in [0.2, 0.25) is 0 Å². The summed E-state index contributed by atoms with van der Waals surface area (Å²) in [5.41, 5.74) is -0.236. The SMILES string of the molecule is CCOC(=O)c1ccnc(NC(CO)c2ccccn2)c1[N+](=O)[O-]. The number of rotatable bonds is 7. The Morgan fingerprint density at radius 1 is 1.38 bits per heavy atom. The average molecular weight is 332 g/mol. The fourth-order valence-corrected chi connectivity index (χ4v) is 2.08. The Morgan fingerprint density at radius 2 is 2.17 bits per heavy atom. The van der Waals surface area contributed by atoms with Crippen molar-refractivity contribution in [1.82, 2.24) is 9.97 Å². The molecule has 1 atom stereocenters. The summed E-state index contributed by atoms with van der Waals surface area (Å²) in [6, 6.07) is 5.60. The van der Waals surface area contributed by atoms with Gasteiger partial charge in [-0.1, -0.05) is 6.07 Å². The molecule has 0 aliphatic heterocycles. The smallest absolute Gasteiger partial charge is 0.345 e. The summed E-state index contributed by atoms with van der Waals surface area (Å²) in [5, 5.41) is 23.7. The van der Waals surface area contributed by atoms with Crippen LogP contribution in [0.3, 0.4) is 0 Å². The maximum absolute atomic E-state index is 11.9. The van der Waals surface area contributed by atoms with E-state index in [-0.39, 0.29) is 24.6 Å². The number of anilines is 1. The van der Waals surface area contributed by atoms with E-state index in [0.29, 0.717) is 5.69 Å². The van der Waals surface area contributed by atoms with E-state index in [4.69, 9.17) is 4.74 Å². The number of ether oxygens (including phenoxy) is 1. The van der Waals surface area contributed by atoms with Gasteiger partial charge in [0.05, 0.1) is 29.9 Å². The third-order valence-electron chi connectivity index (χ3n) is 3.14. The van der Waals surface area contributed by atoms with Crippen LogP contribution in [-0.2, 0) is 4.74 Å². The van der Waals surface area contributed by atoms with Crippen LogP contribution in [0.4, 0.5) is 11.5 Å². The van der Waals surface area contributed by atoms with Gasteiger partial charge in [-0.05, 0) is 25.1 Å². The first kappa shape index (κ1) is 17.3. The molecule has 9 nitrogen and oxygen atoms in total. The molecule has 0 radical (unpaired) electrons. The van der Waals surface area contributed by atoms with Crippen LogP contribution in [0.5, 0.6) is 0 Å². The maximum Gasteiger partial charge on any atom is 0.345 e. The number of esters is 1. The Labute approximate surface area is 137 Å². The van der Waals surface area contributed by atoms with E-state index in [2.05, 4.69) is 15.3 Å². The summed E-state index contributed by atoms with van der Waals surface area (Å²) >= 11 is 0. The first-order valence-corrected chi connectivity index (χ1v) is 7.17. The van der Waals surface area contributed by atoms with E-state index in [1.165, 1.54) is 18.5 Å². The topological polar surface area (TPSA) is 127 Å². The zero-order valence-corrected chi connectivity index (χ0v) is 12.9. The molecule has 2 aromatic rings. The van der Waals surface area contributed by atoms with E-state index in [0.717, 1.165) is 0 Å². The number of hydrogen-bond acceptors (Lipinski definition) is 8. The quantitative estimate of drug-likeness (QED) is 0.445. The molecule has 0 aliphatic rings. The van der Waals surface area contributed by atoms with Crippen molar-refractivity contribution in [3.05, 3.63) is 58.0 Å². The molecule has 24 heavy (non-hydrogen) atoms. The van der Waals surface area contributed by atoms with Crippen molar-refractivity contribution in [1.29, 1.82) is 0 Å². The van der Waals surface area contributed by atoms with Crippen LogP contribution in [-0.4, -0.2) is 39.2 Å². The van der Waals surface area contributed by atoms with Crippen molar-refractivity contribution in [2.24, 2.45) is 0 Å². The molecule has 0 fully saturated rings. The minimum absolute atomic E-state index is 0.0915. The van der Waals surface area contributed by atoms with Crippen LogP contribution in [0, 0.1) is 10.1 Å². The number of aromatic nitrogens is 2. The molecule has 0 saturated carbocycles. The predicted molar refractivity (Wildman–Crippen MR) is 84.5 cm³/mol. The van der Waals surface area contributed by atoms with Gasteiger partial charge in [0.25, 0.3) is 0 Å². The molecular weight excluding hydrogens is 316 g/mol. The standard InChI is InChI=1S/C15H16N4O5/c1-2-24-15(21)10-6-8-17-14(13(10)19(22)23)18-12(9-20)11-5-3-4-7-16-11/h3-8,12,20H,2,9H2,1H3,(H,17,18). The molecule has 0 bridgehead atoms. The zero-order valence-electron chi connectivity index (χ0n) is 12.9. The van der Waals surface area contributed by atoms with Crippen molar-refractivity contribution in [2.45, 2.75) is 13.0 Å². The Bertz CT molecular complexity index is 723. The number of nitro groups is 1. The van der Waals surface area contributed by atoms with Gasteiger partial charge in [0.15, 0.2) is 0 Å². The fourth-order valence-electron chi connectivity index (χ4n) is 2.08.